The van der Waals surface area contributed by atoms with Gasteiger partial charge in [-0.15, -0.1) is 21.5 Å². The van der Waals surface area contributed by atoms with Crippen LogP contribution in [-0.4, -0.2) is 20.2 Å². The highest BCUT2D eigenvalue weighted by Crippen LogP contribution is 2.15. The number of rotatable bonds is 3. The molecule has 2 heterocycles. The number of nitrogens with two attached hydrogens (primary N) is 1. The highest BCUT2D eigenvalue weighted by molar-refractivity contribution is 7.12. The third-order valence-corrected chi connectivity index (χ3v) is 2.93. The number of nitrogens with one attached hydrogen (secondary N) is 1. The van der Waals surface area contributed by atoms with Crippen LogP contribution in [-0.2, 0) is 0 Å². The summed E-state index contributed by atoms with van der Waals surface area (Å²) < 4.78 is 0. The second kappa shape index (κ2) is 4.50. The van der Waals surface area contributed by atoms with Crippen molar-refractivity contribution in [2.24, 2.45) is 5.73 Å². The lowest BCUT2D eigenvalue weighted by atomic mass is 10.2. The molecule has 0 spiro atoms. The van der Waals surface area contributed by atoms with E-state index in [0.717, 1.165) is 0 Å². The molecule has 6 nitrogen and oxygen atoms in total. The van der Waals surface area contributed by atoms with Crippen LogP contribution in [0.3, 0.4) is 0 Å². The maximum atomic E-state index is 11.7. The van der Waals surface area contributed by atoms with Crippen molar-refractivity contribution in [2.75, 3.05) is 0 Å². The number of thiazole rings is 1. The summed E-state index contributed by atoms with van der Waals surface area (Å²) in [6.07, 6.45) is 2.29. The molecule has 2 rings (SSSR count). The Morgan fingerprint density at radius 1 is 1.56 bits per heavy atom. The summed E-state index contributed by atoms with van der Waals surface area (Å²) in [5.74, 6) is 0.382. The first-order valence-electron chi connectivity index (χ1n) is 4.84. The van der Waals surface area contributed by atoms with Gasteiger partial charge in [-0.3, -0.25) is 4.79 Å². The second-order valence-corrected chi connectivity index (χ2v) is 4.13. The average molecular weight is 237 g/mol. The molecule has 0 saturated carbocycles. The van der Waals surface area contributed by atoms with E-state index in [9.17, 15) is 4.79 Å². The molecule has 0 aliphatic carbocycles. The van der Waals surface area contributed by atoms with Gasteiger partial charge in [-0.25, -0.2) is 4.98 Å². The molecular formula is C9H11N5OS. The molecule has 0 aliphatic heterocycles. The zero-order valence-electron chi connectivity index (χ0n) is 8.67. The molecule has 0 bridgehead atoms. The Bertz CT molecular complexity index is 521. The maximum absolute atomic E-state index is 11.7. The summed E-state index contributed by atoms with van der Waals surface area (Å²) in [5.41, 5.74) is 5.70. The fraction of sp³-hybridized carbons (Fsp3) is 0.333. The van der Waals surface area contributed by atoms with Gasteiger partial charge in [0.15, 0.2) is 10.8 Å². The van der Waals surface area contributed by atoms with Gasteiger partial charge < -0.3 is 10.7 Å². The fourth-order valence-corrected chi connectivity index (χ4v) is 1.79. The lowest BCUT2D eigenvalue weighted by Crippen LogP contribution is -2.24. The van der Waals surface area contributed by atoms with Gasteiger partial charge in [0, 0.05) is 11.6 Å². The molecule has 0 aliphatic rings. The maximum Gasteiger partial charge on any atom is 0.274 e. The predicted molar refractivity (Wildman–Crippen MR) is 61.0 cm³/mol. The molecular weight excluding hydrogens is 226 g/mol. The highest BCUT2D eigenvalue weighted by atomic mass is 32.1. The lowest BCUT2D eigenvalue weighted by Gasteiger charge is -2.05. The quantitative estimate of drug-likeness (QED) is 0.818. The van der Waals surface area contributed by atoms with Gasteiger partial charge in [-0.05, 0) is 6.42 Å². The van der Waals surface area contributed by atoms with Crippen molar-refractivity contribution in [3.63, 3.8) is 0 Å². The Morgan fingerprint density at radius 2 is 2.38 bits per heavy atom. The van der Waals surface area contributed by atoms with Crippen LogP contribution < -0.4 is 11.3 Å². The zero-order chi connectivity index (χ0) is 11.5. The number of hydrogen-bond donors (Lipinski definition) is 2. The van der Waals surface area contributed by atoms with Crippen LogP contribution in [0.2, 0.25) is 0 Å². The van der Waals surface area contributed by atoms with Gasteiger partial charge in [-0.2, -0.15) is 0 Å². The Kier molecular flexibility index (Phi) is 3.07. The van der Waals surface area contributed by atoms with Gasteiger partial charge in [0.2, 0.25) is 0 Å². The first-order valence-corrected chi connectivity index (χ1v) is 5.72. The molecule has 2 aromatic rings. The number of aromatic nitrogens is 4. The van der Waals surface area contributed by atoms with Gasteiger partial charge in [0.05, 0.1) is 6.04 Å². The zero-order valence-corrected chi connectivity index (χ0v) is 9.49. The number of H-pyrrole nitrogens is 1. The first kappa shape index (κ1) is 10.9. The van der Waals surface area contributed by atoms with E-state index < -0.39 is 0 Å². The molecule has 1 atom stereocenters. The molecule has 0 fully saturated rings. The van der Waals surface area contributed by atoms with Crippen LogP contribution in [0, 0.1) is 0 Å². The molecule has 0 saturated heterocycles. The molecule has 0 radical (unpaired) electrons. The molecule has 0 aromatic carbocycles. The Hall–Kier alpha value is -1.60. The Balaban J connectivity index is 2.41. The summed E-state index contributed by atoms with van der Waals surface area (Å²) in [6.45, 7) is 1.89. The first-order chi connectivity index (χ1) is 7.72. The molecule has 2 aromatic heterocycles. The number of nitrogens with zero attached hydrogens (tertiary/aromatic N) is 3. The van der Waals surface area contributed by atoms with E-state index in [-0.39, 0.29) is 17.3 Å². The van der Waals surface area contributed by atoms with E-state index in [0.29, 0.717) is 17.3 Å². The van der Waals surface area contributed by atoms with E-state index in [2.05, 4.69) is 20.2 Å². The predicted octanol–water partition coefficient (Wildman–Crippen LogP) is 0.698. The van der Waals surface area contributed by atoms with Crippen molar-refractivity contribution in [1.82, 2.24) is 20.2 Å². The third kappa shape index (κ3) is 2.00. The normalized spacial score (nSPS) is 12.6. The van der Waals surface area contributed by atoms with Crippen LogP contribution in [0.1, 0.15) is 25.1 Å². The van der Waals surface area contributed by atoms with Gasteiger partial charge in [0.1, 0.15) is 5.69 Å². The molecule has 84 valence electrons. The number of hydrogen-bond acceptors (Lipinski definition) is 6. The molecule has 0 amide bonds. The van der Waals surface area contributed by atoms with Crippen molar-refractivity contribution < 1.29 is 0 Å². The smallest absolute Gasteiger partial charge is 0.274 e. The summed E-state index contributed by atoms with van der Waals surface area (Å²) in [6, 6.07) is -0.374. The van der Waals surface area contributed by atoms with Crippen molar-refractivity contribution in [1.29, 1.82) is 0 Å². The standard InChI is InChI=1S/C9H11N5OS/c1-2-5(10)6-8(15)12-7(14-13-6)9-11-3-4-16-9/h3-5H,2,10H2,1H3,(H,12,14,15). The molecule has 7 heteroatoms. The minimum absolute atomic E-state index is 0.266. The molecule has 16 heavy (non-hydrogen) atoms. The van der Waals surface area contributed by atoms with Crippen LogP contribution >= 0.6 is 11.3 Å². The third-order valence-electron chi connectivity index (χ3n) is 2.15. The van der Waals surface area contributed by atoms with Gasteiger partial charge in [0.25, 0.3) is 5.56 Å². The minimum Gasteiger partial charge on any atom is -0.322 e. The van der Waals surface area contributed by atoms with Crippen LogP contribution in [0.25, 0.3) is 10.8 Å². The van der Waals surface area contributed by atoms with E-state index >= 15 is 0 Å². The number of aromatic amines is 1. The minimum atomic E-state index is -0.374. The Labute approximate surface area is 95.6 Å². The van der Waals surface area contributed by atoms with Crippen molar-refractivity contribution >= 4 is 11.3 Å². The van der Waals surface area contributed by atoms with Crippen LogP contribution in [0.4, 0.5) is 0 Å². The average Bonchev–Trinajstić information content (AvgIpc) is 2.81. The van der Waals surface area contributed by atoms with E-state index in [1.807, 2.05) is 6.92 Å². The molecule has 1 unspecified atom stereocenters. The lowest BCUT2D eigenvalue weighted by molar-refractivity contribution is 0.645. The summed E-state index contributed by atoms with van der Waals surface area (Å²) in [7, 11) is 0. The summed E-state index contributed by atoms with van der Waals surface area (Å²) in [5, 5.41) is 10.2. The van der Waals surface area contributed by atoms with E-state index in [4.69, 9.17) is 5.73 Å². The van der Waals surface area contributed by atoms with Crippen molar-refractivity contribution in [3.8, 4) is 10.8 Å². The van der Waals surface area contributed by atoms with Crippen molar-refractivity contribution in [3.05, 3.63) is 27.6 Å². The SMILES string of the molecule is CCC(N)c1nnc(-c2nccs2)[nH]c1=O. The van der Waals surface area contributed by atoms with Crippen molar-refractivity contribution in [2.45, 2.75) is 19.4 Å². The summed E-state index contributed by atoms with van der Waals surface area (Å²) >= 11 is 1.39. The fourth-order valence-electron chi connectivity index (χ4n) is 1.22. The van der Waals surface area contributed by atoms with Crippen LogP contribution in [0.15, 0.2) is 16.4 Å². The van der Waals surface area contributed by atoms with Gasteiger partial charge in [-0.1, -0.05) is 6.92 Å². The highest BCUT2D eigenvalue weighted by Gasteiger charge is 2.13. The largest absolute Gasteiger partial charge is 0.322 e. The Morgan fingerprint density at radius 3 is 2.94 bits per heavy atom. The van der Waals surface area contributed by atoms with Crippen LogP contribution in [0.5, 0.6) is 0 Å². The monoisotopic (exact) mass is 237 g/mol. The molecule has 3 N–H and O–H groups in total. The van der Waals surface area contributed by atoms with Gasteiger partial charge >= 0.3 is 0 Å². The summed E-state index contributed by atoms with van der Waals surface area (Å²) in [4.78, 5) is 18.3. The van der Waals surface area contributed by atoms with E-state index in [1.54, 1.807) is 11.6 Å². The second-order valence-electron chi connectivity index (χ2n) is 3.24. The topological polar surface area (TPSA) is 97.5 Å². The van der Waals surface area contributed by atoms with E-state index in [1.165, 1.54) is 11.3 Å².